The molecule has 0 fully saturated rings. The van der Waals surface area contributed by atoms with Gasteiger partial charge < -0.3 is 57.7 Å². The van der Waals surface area contributed by atoms with E-state index in [1.54, 1.807) is 48.3 Å². The van der Waals surface area contributed by atoms with E-state index in [0.717, 1.165) is 31.4 Å². The molecule has 2 aromatic rings. The van der Waals surface area contributed by atoms with Crippen LogP contribution in [0.15, 0.2) is 48.8 Å². The van der Waals surface area contributed by atoms with Gasteiger partial charge >= 0.3 is 6.16 Å². The Kier molecular flexibility index (Phi) is 20.9. The molecular formula is C28H39ClIN5O7. The summed E-state index contributed by atoms with van der Waals surface area (Å²) in [5.74, 6) is 0.777. The van der Waals surface area contributed by atoms with Crippen molar-refractivity contribution in [2.75, 3.05) is 65.2 Å². The minimum absolute atomic E-state index is 0. The van der Waals surface area contributed by atoms with Gasteiger partial charge in [-0.2, -0.15) is 9.83 Å². The van der Waals surface area contributed by atoms with Gasteiger partial charge in [-0.05, 0) is 37.1 Å². The first-order chi connectivity index (χ1) is 20.0. The molecule has 0 saturated carbocycles. The van der Waals surface area contributed by atoms with Crippen molar-refractivity contribution in [3.8, 4) is 11.9 Å². The average molecular weight is 720 g/mol. The number of pyridine rings is 1. The number of carbonyl (C=O) groups is 1. The van der Waals surface area contributed by atoms with Gasteiger partial charge in [-0.15, -0.1) is 0 Å². The smallest absolute Gasteiger partial charge is 0.513 e. The number of aromatic nitrogens is 1. The lowest BCUT2D eigenvalue weighted by Gasteiger charge is -2.17. The van der Waals surface area contributed by atoms with Crippen molar-refractivity contribution in [2.24, 2.45) is 0 Å². The number of benzene rings is 1. The van der Waals surface area contributed by atoms with E-state index in [1.807, 2.05) is 18.3 Å². The van der Waals surface area contributed by atoms with Gasteiger partial charge in [0, 0.05) is 30.8 Å². The molecule has 0 aliphatic heterocycles. The maximum atomic E-state index is 11.7. The molecule has 232 valence electrons. The van der Waals surface area contributed by atoms with Crippen molar-refractivity contribution < 1.29 is 61.8 Å². The Morgan fingerprint density at radius 1 is 0.929 bits per heavy atom. The van der Waals surface area contributed by atoms with Crippen molar-refractivity contribution in [1.82, 2.24) is 4.90 Å². The SMILES string of the molecule is COCCOCCOCCOC(=O)OC[n+]1ccc(NC(=N)N(C#N)CCCCCCOc2ccc(Cl)cc2)cc1.[I-]. The van der Waals surface area contributed by atoms with E-state index >= 15 is 0 Å². The number of ether oxygens (including phenoxy) is 6. The number of hydrogen-bond donors (Lipinski definition) is 2. The number of rotatable bonds is 20. The fourth-order valence-corrected chi connectivity index (χ4v) is 3.43. The van der Waals surface area contributed by atoms with Gasteiger partial charge in [-0.1, -0.05) is 24.4 Å². The molecule has 0 aliphatic rings. The first-order valence-electron chi connectivity index (χ1n) is 13.4. The second kappa shape index (κ2) is 23.6. The number of nitrogens with zero attached hydrogens (tertiary/aromatic N) is 3. The summed E-state index contributed by atoms with van der Waals surface area (Å²) in [5.41, 5.74) is 0.622. The van der Waals surface area contributed by atoms with E-state index in [0.29, 0.717) is 50.3 Å². The lowest BCUT2D eigenvalue weighted by molar-refractivity contribution is -0.727. The fourth-order valence-electron chi connectivity index (χ4n) is 3.31. The maximum absolute atomic E-state index is 11.7. The lowest BCUT2D eigenvalue weighted by atomic mass is 10.2. The van der Waals surface area contributed by atoms with Crippen LogP contribution in [-0.2, 0) is 30.4 Å². The third-order valence-electron chi connectivity index (χ3n) is 5.49. The van der Waals surface area contributed by atoms with Crippen LogP contribution in [0.3, 0.4) is 0 Å². The van der Waals surface area contributed by atoms with Gasteiger partial charge in [0.2, 0.25) is 5.96 Å². The molecule has 2 rings (SSSR count). The molecule has 0 saturated heterocycles. The van der Waals surface area contributed by atoms with Crippen molar-refractivity contribution >= 4 is 29.4 Å². The van der Waals surface area contributed by atoms with E-state index in [2.05, 4.69) is 5.32 Å². The Bertz CT molecular complexity index is 1060. The molecule has 0 atom stereocenters. The molecule has 1 aromatic heterocycles. The van der Waals surface area contributed by atoms with Crippen LogP contribution in [0.1, 0.15) is 25.7 Å². The van der Waals surface area contributed by atoms with Crippen molar-refractivity contribution in [2.45, 2.75) is 32.4 Å². The average Bonchev–Trinajstić information content (AvgIpc) is 2.98. The van der Waals surface area contributed by atoms with E-state index in [1.165, 1.54) is 4.90 Å². The number of nitriles is 1. The molecule has 0 amide bonds. The number of carbonyl (C=O) groups excluding carboxylic acids is 1. The zero-order valence-electron chi connectivity index (χ0n) is 23.8. The maximum Gasteiger partial charge on any atom is 0.513 e. The molecule has 2 N–H and O–H groups in total. The van der Waals surface area contributed by atoms with Crippen LogP contribution >= 0.6 is 11.6 Å². The molecule has 0 aliphatic carbocycles. The van der Waals surface area contributed by atoms with Crippen LogP contribution in [0.2, 0.25) is 5.02 Å². The largest absolute Gasteiger partial charge is 1.00 e. The molecule has 42 heavy (non-hydrogen) atoms. The number of hydrogen-bond acceptors (Lipinski definition) is 9. The predicted octanol–water partition coefficient (Wildman–Crippen LogP) is 1.19. The van der Waals surface area contributed by atoms with Gasteiger partial charge in [-0.25, -0.2) is 9.69 Å². The Morgan fingerprint density at radius 2 is 1.57 bits per heavy atom. The summed E-state index contributed by atoms with van der Waals surface area (Å²) in [6, 6.07) is 10.7. The van der Waals surface area contributed by atoms with Gasteiger partial charge in [0.05, 0.1) is 45.3 Å². The van der Waals surface area contributed by atoms with Gasteiger partial charge in [0.1, 0.15) is 12.4 Å². The Hall–Kier alpha value is -2.90. The van der Waals surface area contributed by atoms with Crippen LogP contribution < -0.4 is 38.6 Å². The Labute approximate surface area is 269 Å². The standard InChI is InChI=1S/C28H38ClN5O7.HI/c1-36-16-17-37-18-19-38-20-21-40-28(35)41-23-33-13-10-25(11-14-33)32-27(31)34(22-30)12-4-2-3-5-15-39-26-8-6-24(29)7-9-26;/h6-11,13-14,31H,2-5,12,15-21,23H2,1H3;1H. The molecule has 14 heteroatoms. The van der Waals surface area contributed by atoms with Crippen LogP contribution in [0.5, 0.6) is 5.75 Å². The molecule has 1 heterocycles. The van der Waals surface area contributed by atoms with Crippen molar-refractivity contribution in [1.29, 1.82) is 10.7 Å². The number of methoxy groups -OCH3 is 1. The first-order valence-corrected chi connectivity index (χ1v) is 13.7. The van der Waals surface area contributed by atoms with E-state index in [-0.39, 0.29) is 49.9 Å². The highest BCUT2D eigenvalue weighted by molar-refractivity contribution is 6.30. The third kappa shape index (κ3) is 17.1. The quantitative estimate of drug-likeness (QED) is 0.0300. The lowest BCUT2D eigenvalue weighted by Crippen LogP contribution is -3.00. The number of anilines is 1. The minimum Gasteiger partial charge on any atom is -1.00 e. The van der Waals surface area contributed by atoms with E-state index in [4.69, 9.17) is 45.4 Å². The number of nitrogens with one attached hydrogen (secondary N) is 2. The summed E-state index contributed by atoms with van der Waals surface area (Å²) in [7, 11) is 1.60. The second-order valence-corrected chi connectivity index (χ2v) is 9.07. The molecule has 0 radical (unpaired) electrons. The highest BCUT2D eigenvalue weighted by Crippen LogP contribution is 2.16. The van der Waals surface area contributed by atoms with Crippen LogP contribution in [0.25, 0.3) is 0 Å². The number of halogens is 2. The monoisotopic (exact) mass is 719 g/mol. The van der Waals surface area contributed by atoms with Crippen molar-refractivity contribution in [3.63, 3.8) is 0 Å². The normalized spacial score (nSPS) is 10.2. The minimum atomic E-state index is -0.805. The third-order valence-corrected chi connectivity index (χ3v) is 5.74. The summed E-state index contributed by atoms with van der Waals surface area (Å²) in [4.78, 5) is 13.0. The molecule has 0 bridgehead atoms. The first kappa shape index (κ1) is 37.1. The Balaban J connectivity index is 0.00000882. The summed E-state index contributed by atoms with van der Waals surface area (Å²) in [6.45, 7) is 3.18. The Morgan fingerprint density at radius 3 is 2.24 bits per heavy atom. The van der Waals surface area contributed by atoms with Gasteiger partial charge in [0.15, 0.2) is 18.6 Å². The topological polar surface area (TPSA) is 139 Å². The van der Waals surface area contributed by atoms with E-state index in [9.17, 15) is 10.1 Å². The van der Waals surface area contributed by atoms with Crippen LogP contribution in [-0.4, -0.2) is 76.9 Å². The highest BCUT2D eigenvalue weighted by atomic mass is 127. The predicted molar refractivity (Wildman–Crippen MR) is 152 cm³/mol. The number of unbranched alkanes of at least 4 members (excludes halogenated alkanes) is 3. The zero-order valence-corrected chi connectivity index (χ0v) is 26.7. The molecule has 0 unspecified atom stereocenters. The molecule has 0 spiro atoms. The molecular weight excluding hydrogens is 681 g/mol. The molecule has 12 nitrogen and oxygen atoms in total. The van der Waals surface area contributed by atoms with Gasteiger partial charge in [0.25, 0.3) is 6.73 Å². The summed E-state index contributed by atoms with van der Waals surface area (Å²) < 4.78 is 32.7. The number of guanidine groups is 1. The fraction of sp³-hybridized carbons (Fsp3) is 0.500. The summed E-state index contributed by atoms with van der Waals surface area (Å²) in [6.07, 6.45) is 8.15. The van der Waals surface area contributed by atoms with E-state index < -0.39 is 6.16 Å². The van der Waals surface area contributed by atoms with Crippen molar-refractivity contribution in [3.05, 3.63) is 53.8 Å². The second-order valence-electron chi connectivity index (χ2n) is 8.63. The molecule has 1 aromatic carbocycles. The summed E-state index contributed by atoms with van der Waals surface area (Å²) in [5, 5.41) is 21.3. The zero-order chi connectivity index (χ0) is 29.5. The van der Waals surface area contributed by atoms with Gasteiger partial charge in [-0.3, -0.25) is 5.41 Å². The summed E-state index contributed by atoms with van der Waals surface area (Å²) >= 11 is 5.87. The van der Waals surface area contributed by atoms with Crippen LogP contribution in [0.4, 0.5) is 10.5 Å². The highest BCUT2D eigenvalue weighted by Gasteiger charge is 2.11. The van der Waals surface area contributed by atoms with Crippen LogP contribution in [0, 0.1) is 16.9 Å².